The first-order chi connectivity index (χ1) is 11.9. The van der Waals surface area contributed by atoms with Crippen molar-refractivity contribution in [2.24, 2.45) is 11.8 Å². The van der Waals surface area contributed by atoms with Gasteiger partial charge in [-0.15, -0.1) is 0 Å². The Morgan fingerprint density at radius 1 is 0.880 bits per heavy atom. The minimum Gasteiger partial charge on any atom is -0.315 e. The number of ketones is 1. The largest absolute Gasteiger partial charge is 0.315 e. The molecule has 1 saturated heterocycles. The van der Waals surface area contributed by atoms with Crippen molar-refractivity contribution in [1.29, 1.82) is 0 Å². The van der Waals surface area contributed by atoms with Crippen LogP contribution in [0.3, 0.4) is 0 Å². The monoisotopic (exact) mass is 503 g/mol. The summed E-state index contributed by atoms with van der Waals surface area (Å²) in [5.74, 6) is 0.270. The minimum absolute atomic E-state index is 0.0256. The third-order valence-electron chi connectivity index (χ3n) is 4.55. The van der Waals surface area contributed by atoms with Crippen molar-refractivity contribution in [3.8, 4) is 0 Å². The molecule has 3 rings (SSSR count). The molecular weight excluding hydrogens is 489 g/mol. The van der Waals surface area contributed by atoms with E-state index in [9.17, 15) is 4.79 Å². The lowest BCUT2D eigenvalue weighted by molar-refractivity contribution is -0.128. The maximum atomic E-state index is 13.0. The van der Waals surface area contributed by atoms with E-state index >= 15 is 0 Å². The third-order valence-corrected chi connectivity index (χ3v) is 6.50. The summed E-state index contributed by atoms with van der Waals surface area (Å²) in [5, 5.41) is 4.79. The number of rotatable bonds is 4. The summed E-state index contributed by atoms with van der Waals surface area (Å²) in [6.07, 6.45) is 1.42. The molecule has 0 radical (unpaired) electrons. The molecule has 132 valence electrons. The summed E-state index contributed by atoms with van der Waals surface area (Å²) in [6.45, 7) is 1.43. The van der Waals surface area contributed by atoms with Crippen LogP contribution < -0.4 is 5.32 Å². The molecule has 1 N–H and O–H groups in total. The standard InChI is InChI=1S/C19H17Br2Cl2NO/c20-17-7-15(22)3-1-11(17)5-13-9-24-10-14(19(13)25)6-12-2-4-16(23)8-18(12)21/h1-4,7-8,13-14,24H,5-6,9-10H2. The van der Waals surface area contributed by atoms with Gasteiger partial charge in [-0.05, 0) is 48.2 Å². The van der Waals surface area contributed by atoms with Crippen LogP contribution in [0.15, 0.2) is 45.3 Å². The second-order valence-electron chi connectivity index (χ2n) is 6.33. The summed E-state index contributed by atoms with van der Waals surface area (Å²) in [7, 11) is 0. The van der Waals surface area contributed by atoms with Crippen molar-refractivity contribution >= 4 is 60.8 Å². The molecule has 1 heterocycles. The molecule has 0 saturated carbocycles. The third kappa shape index (κ3) is 4.86. The van der Waals surface area contributed by atoms with E-state index in [1.807, 2.05) is 36.4 Å². The zero-order chi connectivity index (χ0) is 18.0. The Labute approximate surface area is 174 Å². The fourth-order valence-electron chi connectivity index (χ4n) is 3.22. The first kappa shape index (κ1) is 19.4. The highest BCUT2D eigenvalue weighted by molar-refractivity contribution is 9.10. The summed E-state index contributed by atoms with van der Waals surface area (Å²) >= 11 is 19.1. The van der Waals surface area contributed by atoms with Gasteiger partial charge in [0.1, 0.15) is 5.78 Å². The summed E-state index contributed by atoms with van der Waals surface area (Å²) in [6, 6.07) is 11.5. The van der Waals surface area contributed by atoms with Gasteiger partial charge in [0.2, 0.25) is 0 Å². The zero-order valence-corrected chi connectivity index (χ0v) is 18.1. The molecule has 2 atom stereocenters. The lowest BCUT2D eigenvalue weighted by Crippen LogP contribution is -2.45. The number of piperidine rings is 1. The highest BCUT2D eigenvalue weighted by atomic mass is 79.9. The van der Waals surface area contributed by atoms with Crippen molar-refractivity contribution < 1.29 is 4.79 Å². The molecule has 2 unspecified atom stereocenters. The predicted molar refractivity (Wildman–Crippen MR) is 111 cm³/mol. The van der Waals surface area contributed by atoms with Crippen molar-refractivity contribution in [3.63, 3.8) is 0 Å². The van der Waals surface area contributed by atoms with Crippen LogP contribution in [0, 0.1) is 11.8 Å². The molecule has 25 heavy (non-hydrogen) atoms. The Hall–Kier alpha value is -0.390. The van der Waals surface area contributed by atoms with E-state index in [4.69, 9.17) is 23.2 Å². The minimum atomic E-state index is -0.0256. The fraction of sp³-hybridized carbons (Fsp3) is 0.316. The molecule has 1 fully saturated rings. The van der Waals surface area contributed by atoms with Crippen LogP contribution in [-0.2, 0) is 17.6 Å². The normalized spacial score (nSPS) is 20.7. The van der Waals surface area contributed by atoms with E-state index in [0.717, 1.165) is 20.1 Å². The van der Waals surface area contributed by atoms with Crippen molar-refractivity contribution in [2.45, 2.75) is 12.8 Å². The number of halogens is 4. The van der Waals surface area contributed by atoms with Crippen molar-refractivity contribution in [2.75, 3.05) is 13.1 Å². The molecule has 6 heteroatoms. The van der Waals surface area contributed by atoms with Crippen LogP contribution in [0.2, 0.25) is 10.0 Å². The Morgan fingerprint density at radius 3 is 1.72 bits per heavy atom. The second-order valence-corrected chi connectivity index (χ2v) is 8.92. The first-order valence-corrected chi connectivity index (χ1v) is 10.4. The van der Waals surface area contributed by atoms with Crippen molar-refractivity contribution in [1.82, 2.24) is 5.32 Å². The second kappa shape index (κ2) is 8.53. The van der Waals surface area contributed by atoms with E-state index in [1.165, 1.54) is 0 Å². The molecule has 1 aliphatic rings. The lowest BCUT2D eigenvalue weighted by atomic mass is 9.82. The average Bonchev–Trinajstić information content (AvgIpc) is 2.56. The molecule has 2 aromatic rings. The number of hydrogen-bond donors (Lipinski definition) is 1. The predicted octanol–water partition coefficient (Wildman–Crippen LogP) is 5.71. The summed E-state index contributed by atoms with van der Waals surface area (Å²) in [5.41, 5.74) is 2.22. The van der Waals surface area contributed by atoms with Gasteiger partial charge >= 0.3 is 0 Å². The molecule has 2 nitrogen and oxygen atoms in total. The number of benzene rings is 2. The van der Waals surface area contributed by atoms with Gasteiger partial charge in [0.05, 0.1) is 0 Å². The van der Waals surface area contributed by atoms with E-state index in [0.29, 0.717) is 41.8 Å². The number of Topliss-reactive ketones (excluding diaryl/α,β-unsaturated/α-hetero) is 1. The zero-order valence-electron chi connectivity index (χ0n) is 13.4. The van der Waals surface area contributed by atoms with E-state index in [2.05, 4.69) is 37.2 Å². The van der Waals surface area contributed by atoms with Crippen LogP contribution in [0.25, 0.3) is 0 Å². The van der Waals surface area contributed by atoms with E-state index in [-0.39, 0.29) is 11.8 Å². The van der Waals surface area contributed by atoms with Gasteiger partial charge in [0.25, 0.3) is 0 Å². The van der Waals surface area contributed by atoms with Gasteiger partial charge in [0, 0.05) is 43.9 Å². The Kier molecular flexibility index (Phi) is 6.61. The topological polar surface area (TPSA) is 29.1 Å². The smallest absolute Gasteiger partial charge is 0.142 e. The lowest BCUT2D eigenvalue weighted by Gasteiger charge is -2.29. The molecule has 2 aromatic carbocycles. The molecule has 0 spiro atoms. The molecular formula is C19H17Br2Cl2NO. The number of hydrogen-bond acceptors (Lipinski definition) is 2. The molecule has 0 aromatic heterocycles. The highest BCUT2D eigenvalue weighted by Gasteiger charge is 2.31. The Balaban J connectivity index is 1.72. The summed E-state index contributed by atoms with van der Waals surface area (Å²) in [4.78, 5) is 13.0. The SMILES string of the molecule is O=C1C(Cc2ccc(Cl)cc2Br)CNCC1Cc1ccc(Cl)cc1Br. The molecule has 0 amide bonds. The van der Waals surface area contributed by atoms with Crippen LogP contribution in [0.1, 0.15) is 11.1 Å². The Bertz CT molecular complexity index is 733. The van der Waals surface area contributed by atoms with E-state index in [1.54, 1.807) is 0 Å². The Morgan fingerprint density at radius 2 is 1.32 bits per heavy atom. The van der Waals surface area contributed by atoms with Crippen LogP contribution >= 0.6 is 55.1 Å². The highest BCUT2D eigenvalue weighted by Crippen LogP contribution is 2.29. The number of nitrogens with one attached hydrogen (secondary N) is 1. The quantitative estimate of drug-likeness (QED) is 0.576. The summed E-state index contributed by atoms with van der Waals surface area (Å²) < 4.78 is 1.91. The number of carbonyl (C=O) groups is 1. The van der Waals surface area contributed by atoms with Crippen molar-refractivity contribution in [3.05, 3.63) is 66.5 Å². The van der Waals surface area contributed by atoms with Gasteiger partial charge in [-0.25, -0.2) is 0 Å². The molecule has 0 aliphatic carbocycles. The van der Waals surface area contributed by atoms with Gasteiger partial charge < -0.3 is 5.32 Å². The molecule has 0 bridgehead atoms. The van der Waals surface area contributed by atoms with E-state index < -0.39 is 0 Å². The maximum absolute atomic E-state index is 13.0. The maximum Gasteiger partial charge on any atom is 0.142 e. The van der Waals surface area contributed by atoms with Crippen LogP contribution in [0.4, 0.5) is 0 Å². The molecule has 1 aliphatic heterocycles. The fourth-order valence-corrected chi connectivity index (χ4v) is 4.91. The van der Waals surface area contributed by atoms with Crippen LogP contribution in [-0.4, -0.2) is 18.9 Å². The van der Waals surface area contributed by atoms with Gasteiger partial charge in [-0.2, -0.15) is 0 Å². The van der Waals surface area contributed by atoms with Gasteiger partial charge in [-0.3, -0.25) is 4.79 Å². The average molecular weight is 506 g/mol. The van der Waals surface area contributed by atoms with Gasteiger partial charge in [0.15, 0.2) is 0 Å². The first-order valence-electron chi connectivity index (χ1n) is 8.06. The van der Waals surface area contributed by atoms with Crippen LogP contribution in [0.5, 0.6) is 0 Å². The van der Waals surface area contributed by atoms with Gasteiger partial charge in [-0.1, -0.05) is 67.2 Å². The number of carbonyl (C=O) groups excluding carboxylic acids is 1.